The Labute approximate surface area is 154 Å². The third kappa shape index (κ3) is 1.92. The van der Waals surface area contributed by atoms with Crippen molar-refractivity contribution in [2.45, 2.75) is 5.60 Å². The maximum atomic E-state index is 12.1. The Morgan fingerprint density at radius 2 is 1.44 bits per heavy atom. The van der Waals surface area contributed by atoms with Crippen molar-refractivity contribution >= 4 is 26.7 Å². The average Bonchev–Trinajstić information content (AvgIpc) is 2.93. The highest BCUT2D eigenvalue weighted by Gasteiger charge is 2.44. The van der Waals surface area contributed by atoms with Crippen LogP contribution in [0.4, 0.5) is 0 Å². The summed E-state index contributed by atoms with van der Waals surface area (Å²) in [4.78, 5) is 0. The lowest BCUT2D eigenvalue weighted by molar-refractivity contribution is 0.132. The van der Waals surface area contributed by atoms with Gasteiger partial charge in [-0.25, -0.2) is 0 Å². The summed E-state index contributed by atoms with van der Waals surface area (Å²) >= 11 is 3.71. The van der Waals surface area contributed by atoms with Crippen molar-refractivity contribution < 1.29 is 5.11 Å². The molecule has 0 amide bonds. The SMILES string of the molecule is OC1(c2ccccc2)c2ccccc2-c2ccc3cccc(Br)c3c21. The second-order valence-corrected chi connectivity index (χ2v) is 7.30. The van der Waals surface area contributed by atoms with Crippen molar-refractivity contribution in [1.82, 2.24) is 0 Å². The zero-order valence-electron chi connectivity index (χ0n) is 13.4. The van der Waals surface area contributed by atoms with Crippen LogP contribution in [0.5, 0.6) is 0 Å². The molecule has 2 heteroatoms. The minimum absolute atomic E-state index is 0.893. The molecule has 4 aromatic rings. The summed E-state index contributed by atoms with van der Waals surface area (Å²) in [5.74, 6) is 0. The third-order valence-corrected chi connectivity index (χ3v) is 5.82. The summed E-state index contributed by atoms with van der Waals surface area (Å²) in [5.41, 5.74) is 3.84. The van der Waals surface area contributed by atoms with Gasteiger partial charge in [0.2, 0.25) is 0 Å². The molecular weight excluding hydrogens is 372 g/mol. The molecule has 1 N–H and O–H groups in total. The van der Waals surface area contributed by atoms with Crippen LogP contribution in [-0.2, 0) is 5.60 Å². The first-order valence-corrected chi connectivity index (χ1v) is 9.10. The van der Waals surface area contributed by atoms with E-state index in [1.807, 2.05) is 60.7 Å². The van der Waals surface area contributed by atoms with Crippen LogP contribution in [0.25, 0.3) is 21.9 Å². The van der Waals surface area contributed by atoms with E-state index in [-0.39, 0.29) is 0 Å². The molecule has 0 heterocycles. The minimum Gasteiger partial charge on any atom is -0.376 e. The van der Waals surface area contributed by atoms with Crippen LogP contribution < -0.4 is 0 Å². The van der Waals surface area contributed by atoms with Gasteiger partial charge in [0.05, 0.1) is 0 Å². The first kappa shape index (κ1) is 14.9. The molecule has 0 aromatic heterocycles. The molecule has 1 atom stereocenters. The Hall–Kier alpha value is -2.42. The second-order valence-electron chi connectivity index (χ2n) is 6.45. The summed E-state index contributed by atoms with van der Waals surface area (Å²) in [6.07, 6.45) is 0. The fourth-order valence-corrected chi connectivity index (χ4v) is 4.66. The van der Waals surface area contributed by atoms with Crippen molar-refractivity contribution in [3.63, 3.8) is 0 Å². The molecule has 25 heavy (non-hydrogen) atoms. The van der Waals surface area contributed by atoms with Gasteiger partial charge in [-0.2, -0.15) is 0 Å². The largest absolute Gasteiger partial charge is 0.376 e. The molecule has 0 fully saturated rings. The first-order chi connectivity index (χ1) is 12.2. The minimum atomic E-state index is -1.16. The molecule has 0 aliphatic heterocycles. The lowest BCUT2D eigenvalue weighted by Crippen LogP contribution is -2.26. The Kier molecular flexibility index (Phi) is 3.15. The van der Waals surface area contributed by atoms with E-state index in [1.54, 1.807) is 0 Å². The van der Waals surface area contributed by atoms with E-state index in [0.717, 1.165) is 43.1 Å². The van der Waals surface area contributed by atoms with E-state index in [0.29, 0.717) is 0 Å². The Morgan fingerprint density at radius 3 is 2.28 bits per heavy atom. The van der Waals surface area contributed by atoms with Crippen LogP contribution in [0.3, 0.4) is 0 Å². The van der Waals surface area contributed by atoms with Gasteiger partial charge in [-0.05, 0) is 28.1 Å². The normalized spacial score (nSPS) is 18.2. The maximum Gasteiger partial charge on any atom is 0.142 e. The number of aliphatic hydroxyl groups is 1. The summed E-state index contributed by atoms with van der Waals surface area (Å²) in [6, 6.07) is 28.5. The monoisotopic (exact) mass is 386 g/mol. The van der Waals surface area contributed by atoms with E-state index in [4.69, 9.17) is 0 Å². The lowest BCUT2D eigenvalue weighted by atomic mass is 9.82. The van der Waals surface area contributed by atoms with E-state index < -0.39 is 5.60 Å². The Morgan fingerprint density at radius 1 is 0.680 bits per heavy atom. The summed E-state index contributed by atoms with van der Waals surface area (Å²) < 4.78 is 1.00. The number of halogens is 1. The van der Waals surface area contributed by atoms with E-state index >= 15 is 0 Å². The molecule has 0 bridgehead atoms. The van der Waals surface area contributed by atoms with Crippen LogP contribution >= 0.6 is 15.9 Å². The number of hydrogen-bond donors (Lipinski definition) is 1. The van der Waals surface area contributed by atoms with Gasteiger partial charge in [0.15, 0.2) is 0 Å². The van der Waals surface area contributed by atoms with Gasteiger partial charge in [0, 0.05) is 21.0 Å². The third-order valence-electron chi connectivity index (χ3n) is 5.16. The highest BCUT2D eigenvalue weighted by Crippen LogP contribution is 2.54. The lowest BCUT2D eigenvalue weighted by Gasteiger charge is -2.28. The summed E-state index contributed by atoms with van der Waals surface area (Å²) in [7, 11) is 0. The maximum absolute atomic E-state index is 12.1. The first-order valence-electron chi connectivity index (χ1n) is 8.31. The molecule has 1 aliphatic carbocycles. The predicted molar refractivity (Wildman–Crippen MR) is 106 cm³/mol. The zero-order valence-corrected chi connectivity index (χ0v) is 15.0. The summed E-state index contributed by atoms with van der Waals surface area (Å²) in [6.45, 7) is 0. The highest BCUT2D eigenvalue weighted by atomic mass is 79.9. The Balaban J connectivity index is 2.00. The molecule has 0 saturated heterocycles. The molecule has 1 unspecified atom stereocenters. The topological polar surface area (TPSA) is 20.2 Å². The molecule has 0 saturated carbocycles. The van der Waals surface area contributed by atoms with E-state index in [1.165, 1.54) is 0 Å². The quantitative estimate of drug-likeness (QED) is 0.433. The number of fused-ring (bicyclic) bond motifs is 5. The van der Waals surface area contributed by atoms with Crippen molar-refractivity contribution in [3.05, 3.63) is 106 Å². The van der Waals surface area contributed by atoms with Crippen molar-refractivity contribution in [1.29, 1.82) is 0 Å². The Bertz CT molecular complexity index is 1120. The molecule has 1 aliphatic rings. The smallest absolute Gasteiger partial charge is 0.142 e. The predicted octanol–water partition coefficient (Wildman–Crippen LogP) is 5.87. The van der Waals surface area contributed by atoms with Crippen LogP contribution in [-0.4, -0.2) is 5.11 Å². The van der Waals surface area contributed by atoms with Gasteiger partial charge in [-0.15, -0.1) is 0 Å². The van der Waals surface area contributed by atoms with Crippen LogP contribution in [0, 0.1) is 0 Å². The molecule has 4 aromatic carbocycles. The fourth-order valence-electron chi connectivity index (χ4n) is 4.08. The van der Waals surface area contributed by atoms with Gasteiger partial charge in [-0.3, -0.25) is 0 Å². The van der Waals surface area contributed by atoms with Gasteiger partial charge in [0.1, 0.15) is 5.60 Å². The number of benzene rings is 4. The number of hydrogen-bond acceptors (Lipinski definition) is 1. The average molecular weight is 387 g/mol. The molecular formula is C23H15BrO. The van der Waals surface area contributed by atoms with Crippen molar-refractivity contribution in [3.8, 4) is 11.1 Å². The van der Waals surface area contributed by atoms with Crippen LogP contribution in [0.2, 0.25) is 0 Å². The van der Waals surface area contributed by atoms with Crippen LogP contribution in [0.15, 0.2) is 89.4 Å². The van der Waals surface area contributed by atoms with Gasteiger partial charge >= 0.3 is 0 Å². The van der Waals surface area contributed by atoms with E-state index in [2.05, 4.69) is 40.2 Å². The van der Waals surface area contributed by atoms with Gasteiger partial charge in [0.25, 0.3) is 0 Å². The van der Waals surface area contributed by atoms with Crippen molar-refractivity contribution in [2.24, 2.45) is 0 Å². The van der Waals surface area contributed by atoms with Gasteiger partial charge < -0.3 is 5.11 Å². The zero-order chi connectivity index (χ0) is 17.0. The fraction of sp³-hybridized carbons (Fsp3) is 0.0435. The molecule has 0 spiro atoms. The summed E-state index contributed by atoms with van der Waals surface area (Å²) in [5, 5.41) is 14.3. The second kappa shape index (κ2) is 5.29. The molecule has 1 nitrogen and oxygen atoms in total. The molecule has 0 radical (unpaired) electrons. The van der Waals surface area contributed by atoms with Crippen LogP contribution in [0.1, 0.15) is 16.7 Å². The van der Waals surface area contributed by atoms with Gasteiger partial charge in [-0.1, -0.05) is 94.8 Å². The molecule has 120 valence electrons. The van der Waals surface area contributed by atoms with E-state index in [9.17, 15) is 5.11 Å². The van der Waals surface area contributed by atoms with Crippen molar-refractivity contribution in [2.75, 3.05) is 0 Å². The number of rotatable bonds is 1. The highest BCUT2D eigenvalue weighted by molar-refractivity contribution is 9.10. The molecule has 5 rings (SSSR count). The standard InChI is InChI=1S/C23H15BrO/c24-20-12-6-7-15-13-14-18-17-10-4-5-11-19(17)23(25,22(18)21(15)20)16-8-2-1-3-9-16/h1-14,25H.